The van der Waals surface area contributed by atoms with Crippen LogP contribution in [0.5, 0.6) is 0 Å². The standard InChI is InChI=1S/C22H30N2O5/c1-20(2,3)27-18(25)17-13-22(14-24(17)19(26)28-21(4,5)6)12-16(23-29-22)15-10-8-7-9-11-15/h7-12,17,23H,13-14H2,1-6H3/t17?,22-/m1/s1. The molecule has 0 saturated carbocycles. The molecule has 0 bridgehead atoms. The van der Waals surface area contributed by atoms with E-state index in [9.17, 15) is 9.59 Å². The van der Waals surface area contributed by atoms with Crippen LogP contribution < -0.4 is 5.48 Å². The van der Waals surface area contributed by atoms with Crippen LogP contribution in [0, 0.1) is 0 Å². The Morgan fingerprint density at radius 3 is 2.28 bits per heavy atom. The van der Waals surface area contributed by atoms with Crippen LogP contribution in [0.2, 0.25) is 0 Å². The second kappa shape index (κ2) is 7.37. The molecule has 1 N–H and O–H groups in total. The van der Waals surface area contributed by atoms with E-state index in [2.05, 4.69) is 5.48 Å². The average Bonchev–Trinajstić information content (AvgIpc) is 3.17. The van der Waals surface area contributed by atoms with Crippen LogP contribution in [-0.4, -0.2) is 46.4 Å². The van der Waals surface area contributed by atoms with E-state index in [0.717, 1.165) is 11.3 Å². The van der Waals surface area contributed by atoms with Gasteiger partial charge in [-0.25, -0.2) is 9.59 Å². The normalized spacial score (nSPS) is 24.3. The predicted octanol–water partition coefficient (Wildman–Crippen LogP) is 3.65. The molecule has 2 aliphatic heterocycles. The number of esters is 1. The van der Waals surface area contributed by atoms with Crippen molar-refractivity contribution in [3.05, 3.63) is 42.0 Å². The van der Waals surface area contributed by atoms with Gasteiger partial charge in [-0.15, -0.1) is 0 Å². The van der Waals surface area contributed by atoms with E-state index in [0.29, 0.717) is 0 Å². The number of hydrogen-bond acceptors (Lipinski definition) is 6. The highest BCUT2D eigenvalue weighted by molar-refractivity contribution is 5.83. The van der Waals surface area contributed by atoms with Crippen LogP contribution in [0.3, 0.4) is 0 Å². The molecule has 1 saturated heterocycles. The fourth-order valence-corrected chi connectivity index (χ4v) is 3.41. The first kappa shape index (κ1) is 21.2. The summed E-state index contributed by atoms with van der Waals surface area (Å²) in [5, 5.41) is 0. The summed E-state index contributed by atoms with van der Waals surface area (Å²) in [5.74, 6) is -0.467. The maximum Gasteiger partial charge on any atom is 0.411 e. The molecule has 1 fully saturated rings. The zero-order chi connectivity index (χ0) is 21.4. The van der Waals surface area contributed by atoms with Gasteiger partial charge in [0.05, 0.1) is 12.2 Å². The molecule has 7 heteroatoms. The van der Waals surface area contributed by atoms with Gasteiger partial charge in [0.2, 0.25) is 0 Å². The molecule has 1 aromatic carbocycles. The Bertz CT molecular complexity index is 769. The Labute approximate surface area is 171 Å². The maximum absolute atomic E-state index is 12.9. The molecule has 2 aliphatic rings. The second-order valence-electron chi connectivity index (χ2n) is 9.55. The molecule has 1 amide bonds. The van der Waals surface area contributed by atoms with Gasteiger partial charge in [0.1, 0.15) is 22.8 Å². The molecule has 0 aromatic heterocycles. The summed E-state index contributed by atoms with van der Waals surface area (Å²) in [6, 6.07) is 8.95. The van der Waals surface area contributed by atoms with E-state index >= 15 is 0 Å². The Morgan fingerprint density at radius 2 is 1.69 bits per heavy atom. The molecule has 1 aromatic rings. The highest BCUT2D eigenvalue weighted by atomic mass is 16.7. The number of rotatable bonds is 2. The minimum Gasteiger partial charge on any atom is -0.458 e. The molecular weight excluding hydrogens is 372 g/mol. The van der Waals surface area contributed by atoms with Crippen LogP contribution in [-0.2, 0) is 19.1 Å². The summed E-state index contributed by atoms with van der Waals surface area (Å²) in [5.41, 5.74) is 2.56. The largest absolute Gasteiger partial charge is 0.458 e. The lowest BCUT2D eigenvalue weighted by molar-refractivity contribution is -0.160. The number of likely N-dealkylation sites (tertiary alicyclic amines) is 1. The van der Waals surface area contributed by atoms with Crippen molar-refractivity contribution in [3.8, 4) is 0 Å². The van der Waals surface area contributed by atoms with E-state index in [4.69, 9.17) is 14.3 Å². The number of hydrogen-bond donors (Lipinski definition) is 1. The first-order valence-electron chi connectivity index (χ1n) is 9.82. The fraction of sp³-hybridized carbons (Fsp3) is 0.545. The molecule has 2 heterocycles. The number of carbonyl (C=O) groups excluding carboxylic acids is 2. The molecule has 1 spiro atoms. The van der Waals surface area contributed by atoms with Crippen molar-refractivity contribution in [2.24, 2.45) is 0 Å². The van der Waals surface area contributed by atoms with Gasteiger partial charge in [-0.2, -0.15) is 0 Å². The van der Waals surface area contributed by atoms with Crippen molar-refractivity contribution in [2.45, 2.75) is 70.8 Å². The summed E-state index contributed by atoms with van der Waals surface area (Å²) >= 11 is 0. The van der Waals surface area contributed by atoms with Gasteiger partial charge < -0.3 is 9.47 Å². The smallest absolute Gasteiger partial charge is 0.411 e. The minimum absolute atomic E-state index is 0.190. The zero-order valence-corrected chi connectivity index (χ0v) is 17.9. The topological polar surface area (TPSA) is 77.1 Å². The van der Waals surface area contributed by atoms with Crippen molar-refractivity contribution in [1.29, 1.82) is 0 Å². The average molecular weight is 402 g/mol. The summed E-state index contributed by atoms with van der Waals surface area (Å²) < 4.78 is 11.1. The Hall–Kier alpha value is -2.54. The number of carbonyl (C=O) groups is 2. The molecule has 158 valence electrons. The molecule has 3 rings (SSSR count). The molecular formula is C22H30N2O5. The fourth-order valence-electron chi connectivity index (χ4n) is 3.41. The number of amides is 1. The van der Waals surface area contributed by atoms with Crippen LogP contribution in [0.1, 0.15) is 53.5 Å². The number of benzene rings is 1. The highest BCUT2D eigenvalue weighted by Gasteiger charge is 2.53. The number of hydroxylamine groups is 1. The number of nitrogens with zero attached hydrogens (tertiary/aromatic N) is 1. The van der Waals surface area contributed by atoms with Gasteiger partial charge in [-0.1, -0.05) is 30.3 Å². The lowest BCUT2D eigenvalue weighted by Gasteiger charge is -2.29. The molecule has 1 unspecified atom stereocenters. The van der Waals surface area contributed by atoms with Crippen molar-refractivity contribution in [1.82, 2.24) is 10.4 Å². The Morgan fingerprint density at radius 1 is 1.07 bits per heavy atom. The first-order chi connectivity index (χ1) is 13.4. The summed E-state index contributed by atoms with van der Waals surface area (Å²) in [6.45, 7) is 11.0. The van der Waals surface area contributed by atoms with Gasteiger partial charge in [-0.05, 0) is 53.2 Å². The third-order valence-corrected chi connectivity index (χ3v) is 4.52. The summed E-state index contributed by atoms with van der Waals surface area (Å²) in [4.78, 5) is 33.0. The van der Waals surface area contributed by atoms with Gasteiger partial charge in [0, 0.05) is 6.42 Å². The highest BCUT2D eigenvalue weighted by Crippen LogP contribution is 2.38. The van der Waals surface area contributed by atoms with E-state index in [1.54, 1.807) is 41.5 Å². The van der Waals surface area contributed by atoms with Crippen LogP contribution in [0.4, 0.5) is 4.79 Å². The number of ether oxygens (including phenoxy) is 2. The van der Waals surface area contributed by atoms with Crippen molar-refractivity contribution >= 4 is 17.8 Å². The molecule has 0 radical (unpaired) electrons. The van der Waals surface area contributed by atoms with Gasteiger partial charge in [0.15, 0.2) is 0 Å². The maximum atomic E-state index is 12.9. The molecule has 29 heavy (non-hydrogen) atoms. The van der Waals surface area contributed by atoms with Crippen molar-refractivity contribution < 1.29 is 23.9 Å². The zero-order valence-electron chi connectivity index (χ0n) is 17.9. The summed E-state index contributed by atoms with van der Waals surface area (Å²) in [6.07, 6.45) is 1.66. The third kappa shape index (κ3) is 5.09. The van der Waals surface area contributed by atoms with E-state index < -0.39 is 34.9 Å². The molecule has 7 nitrogen and oxygen atoms in total. The SMILES string of the molecule is CC(C)(C)OC(=O)C1C[C@]2(C=C(c3ccccc3)NO2)CN1C(=O)OC(C)(C)C. The van der Waals surface area contributed by atoms with Gasteiger partial charge >= 0.3 is 12.1 Å². The van der Waals surface area contributed by atoms with Crippen molar-refractivity contribution in [2.75, 3.05) is 6.54 Å². The Balaban J connectivity index is 1.87. The monoisotopic (exact) mass is 402 g/mol. The summed E-state index contributed by atoms with van der Waals surface area (Å²) in [7, 11) is 0. The first-order valence-corrected chi connectivity index (χ1v) is 9.82. The molecule has 0 aliphatic carbocycles. The van der Waals surface area contributed by atoms with Gasteiger partial charge in [0.25, 0.3) is 0 Å². The van der Waals surface area contributed by atoms with Crippen LogP contribution >= 0.6 is 0 Å². The third-order valence-electron chi connectivity index (χ3n) is 4.52. The van der Waals surface area contributed by atoms with Crippen LogP contribution in [0.25, 0.3) is 5.70 Å². The quantitative estimate of drug-likeness (QED) is 0.761. The van der Waals surface area contributed by atoms with E-state index in [1.807, 2.05) is 36.4 Å². The van der Waals surface area contributed by atoms with E-state index in [-0.39, 0.29) is 13.0 Å². The lowest BCUT2D eigenvalue weighted by atomic mass is 9.98. The Kier molecular flexibility index (Phi) is 5.38. The van der Waals surface area contributed by atoms with Gasteiger partial charge in [-0.3, -0.25) is 15.2 Å². The lowest BCUT2D eigenvalue weighted by Crippen LogP contribution is -2.46. The van der Waals surface area contributed by atoms with Crippen molar-refractivity contribution in [3.63, 3.8) is 0 Å². The predicted molar refractivity (Wildman–Crippen MR) is 109 cm³/mol. The minimum atomic E-state index is -0.830. The number of nitrogens with one attached hydrogen (secondary N) is 1. The second-order valence-corrected chi connectivity index (χ2v) is 9.55. The van der Waals surface area contributed by atoms with Crippen LogP contribution in [0.15, 0.2) is 36.4 Å². The van der Waals surface area contributed by atoms with E-state index in [1.165, 1.54) is 4.90 Å². The molecule has 2 atom stereocenters.